The lowest BCUT2D eigenvalue weighted by atomic mass is 10.2. The van der Waals surface area contributed by atoms with Crippen LogP contribution in [-0.2, 0) is 4.79 Å². The third-order valence-electron chi connectivity index (χ3n) is 2.52. The van der Waals surface area contributed by atoms with E-state index in [0.717, 1.165) is 0 Å². The number of carbonyl (C=O) groups excluding carboxylic acids is 1. The first-order valence-corrected chi connectivity index (χ1v) is 7.25. The molecule has 2 aromatic rings. The predicted octanol–water partition coefficient (Wildman–Crippen LogP) is 2.65. The number of nitrogen functional groups attached to an aromatic ring is 1. The molecular formula is C13H15FN4O2S. The molecule has 0 atom stereocenters. The molecule has 0 saturated carbocycles. The standard InChI is InChI=1S/C13H15FN4O2S/c1-7(2)12-17-18-13(20-12)16-11(19)6-21-8-3-4-10(15)9(14)5-8/h3-5,7H,6,15H2,1-2H3,(H,16,18,19). The monoisotopic (exact) mass is 310 g/mol. The Morgan fingerprint density at radius 3 is 2.86 bits per heavy atom. The fourth-order valence-electron chi connectivity index (χ4n) is 1.42. The van der Waals surface area contributed by atoms with Crippen molar-refractivity contribution in [2.45, 2.75) is 24.7 Å². The van der Waals surface area contributed by atoms with Crippen LogP contribution in [0.15, 0.2) is 27.5 Å². The average molecular weight is 310 g/mol. The van der Waals surface area contributed by atoms with Crippen molar-refractivity contribution in [3.63, 3.8) is 0 Å². The number of thioether (sulfide) groups is 1. The molecule has 2 rings (SSSR count). The Morgan fingerprint density at radius 2 is 2.24 bits per heavy atom. The number of anilines is 2. The third-order valence-corrected chi connectivity index (χ3v) is 3.52. The van der Waals surface area contributed by atoms with Gasteiger partial charge >= 0.3 is 6.01 Å². The lowest BCUT2D eigenvalue weighted by Gasteiger charge is -2.03. The van der Waals surface area contributed by atoms with Gasteiger partial charge < -0.3 is 10.2 Å². The van der Waals surface area contributed by atoms with E-state index in [9.17, 15) is 9.18 Å². The van der Waals surface area contributed by atoms with Gasteiger partial charge in [-0.05, 0) is 18.2 Å². The topological polar surface area (TPSA) is 94.0 Å². The van der Waals surface area contributed by atoms with Crippen LogP contribution >= 0.6 is 11.8 Å². The van der Waals surface area contributed by atoms with Gasteiger partial charge in [-0.2, -0.15) is 0 Å². The number of nitrogens with zero attached hydrogens (tertiary/aromatic N) is 2. The fourth-order valence-corrected chi connectivity index (χ4v) is 2.14. The van der Waals surface area contributed by atoms with Gasteiger partial charge in [0.15, 0.2) is 0 Å². The van der Waals surface area contributed by atoms with E-state index in [1.165, 1.54) is 23.9 Å². The number of aromatic nitrogens is 2. The van der Waals surface area contributed by atoms with Gasteiger partial charge in [0.05, 0.1) is 11.4 Å². The van der Waals surface area contributed by atoms with E-state index in [0.29, 0.717) is 10.8 Å². The lowest BCUT2D eigenvalue weighted by molar-refractivity contribution is -0.113. The first-order valence-electron chi connectivity index (χ1n) is 6.27. The smallest absolute Gasteiger partial charge is 0.322 e. The van der Waals surface area contributed by atoms with E-state index in [1.807, 2.05) is 13.8 Å². The van der Waals surface area contributed by atoms with Gasteiger partial charge in [0.2, 0.25) is 11.8 Å². The molecule has 21 heavy (non-hydrogen) atoms. The number of hydrogen-bond acceptors (Lipinski definition) is 6. The zero-order chi connectivity index (χ0) is 15.4. The molecule has 1 aromatic heterocycles. The SMILES string of the molecule is CC(C)c1nnc(NC(=O)CSc2ccc(N)c(F)c2)o1. The fraction of sp³-hybridized carbons (Fsp3) is 0.308. The Balaban J connectivity index is 1.88. The van der Waals surface area contributed by atoms with E-state index < -0.39 is 5.82 Å². The second-order valence-electron chi connectivity index (χ2n) is 4.62. The summed E-state index contributed by atoms with van der Waals surface area (Å²) in [5, 5.41) is 10.0. The molecule has 1 amide bonds. The van der Waals surface area contributed by atoms with Crippen LogP contribution in [0.1, 0.15) is 25.7 Å². The van der Waals surface area contributed by atoms with Crippen molar-refractivity contribution in [2.75, 3.05) is 16.8 Å². The van der Waals surface area contributed by atoms with Crippen molar-refractivity contribution in [3.05, 3.63) is 29.9 Å². The second-order valence-corrected chi connectivity index (χ2v) is 5.67. The van der Waals surface area contributed by atoms with E-state index in [4.69, 9.17) is 10.2 Å². The summed E-state index contributed by atoms with van der Waals surface area (Å²) >= 11 is 1.19. The molecular weight excluding hydrogens is 295 g/mol. The molecule has 0 saturated heterocycles. The van der Waals surface area contributed by atoms with Crippen LogP contribution in [0, 0.1) is 5.82 Å². The molecule has 0 radical (unpaired) electrons. The minimum Gasteiger partial charge on any atom is -0.408 e. The summed E-state index contributed by atoms with van der Waals surface area (Å²) in [6.45, 7) is 3.81. The second kappa shape index (κ2) is 6.57. The molecule has 0 spiro atoms. The van der Waals surface area contributed by atoms with Crippen LogP contribution in [0.3, 0.4) is 0 Å². The molecule has 0 bridgehead atoms. The molecule has 1 heterocycles. The summed E-state index contributed by atoms with van der Waals surface area (Å²) in [7, 11) is 0. The highest BCUT2D eigenvalue weighted by Crippen LogP contribution is 2.22. The van der Waals surface area contributed by atoms with Crippen LogP contribution in [0.5, 0.6) is 0 Å². The van der Waals surface area contributed by atoms with Gasteiger partial charge in [0.1, 0.15) is 5.82 Å². The molecule has 1 aromatic carbocycles. The van der Waals surface area contributed by atoms with Crippen molar-refractivity contribution in [1.82, 2.24) is 10.2 Å². The lowest BCUT2D eigenvalue weighted by Crippen LogP contribution is -2.14. The maximum absolute atomic E-state index is 13.3. The Labute approximate surface area is 125 Å². The minimum atomic E-state index is -0.501. The first-order chi connectivity index (χ1) is 9.95. The first kappa shape index (κ1) is 15.3. The van der Waals surface area contributed by atoms with Gasteiger partial charge in [-0.25, -0.2) is 4.39 Å². The summed E-state index contributed by atoms with van der Waals surface area (Å²) < 4.78 is 18.5. The van der Waals surface area contributed by atoms with Gasteiger partial charge in [-0.3, -0.25) is 10.1 Å². The molecule has 0 fully saturated rings. The minimum absolute atomic E-state index is 0.0628. The third kappa shape index (κ3) is 4.19. The largest absolute Gasteiger partial charge is 0.408 e. The molecule has 8 heteroatoms. The van der Waals surface area contributed by atoms with E-state index in [2.05, 4.69) is 15.5 Å². The highest BCUT2D eigenvalue weighted by molar-refractivity contribution is 8.00. The number of nitrogens with one attached hydrogen (secondary N) is 1. The maximum Gasteiger partial charge on any atom is 0.322 e. The summed E-state index contributed by atoms with van der Waals surface area (Å²) in [6, 6.07) is 4.46. The number of halogens is 1. The highest BCUT2D eigenvalue weighted by atomic mass is 32.2. The number of carbonyl (C=O) groups is 1. The summed E-state index contributed by atoms with van der Waals surface area (Å²) in [5.74, 6) is -0.160. The molecule has 3 N–H and O–H groups in total. The van der Waals surface area contributed by atoms with Gasteiger partial charge in [-0.15, -0.1) is 16.9 Å². The average Bonchev–Trinajstić information content (AvgIpc) is 2.89. The molecule has 6 nitrogen and oxygen atoms in total. The molecule has 0 aliphatic heterocycles. The van der Waals surface area contributed by atoms with Crippen molar-refractivity contribution in [1.29, 1.82) is 0 Å². The van der Waals surface area contributed by atoms with Crippen LogP contribution < -0.4 is 11.1 Å². The molecule has 0 unspecified atom stereocenters. The number of rotatable bonds is 5. The van der Waals surface area contributed by atoms with E-state index in [-0.39, 0.29) is 29.3 Å². The predicted molar refractivity (Wildman–Crippen MR) is 78.6 cm³/mol. The number of hydrogen-bond donors (Lipinski definition) is 2. The van der Waals surface area contributed by atoms with Crippen LogP contribution in [0.4, 0.5) is 16.1 Å². The zero-order valence-electron chi connectivity index (χ0n) is 11.6. The number of nitrogens with two attached hydrogens (primary N) is 1. The number of benzene rings is 1. The van der Waals surface area contributed by atoms with Crippen molar-refractivity contribution in [2.24, 2.45) is 0 Å². The molecule has 0 aliphatic carbocycles. The van der Waals surface area contributed by atoms with Crippen LogP contribution in [0.2, 0.25) is 0 Å². The van der Waals surface area contributed by atoms with E-state index in [1.54, 1.807) is 6.07 Å². The maximum atomic E-state index is 13.3. The normalized spacial score (nSPS) is 10.9. The van der Waals surface area contributed by atoms with Crippen LogP contribution in [-0.4, -0.2) is 21.9 Å². The van der Waals surface area contributed by atoms with E-state index >= 15 is 0 Å². The Kier molecular flexibility index (Phi) is 4.79. The Morgan fingerprint density at radius 1 is 1.48 bits per heavy atom. The summed E-state index contributed by atoms with van der Waals surface area (Å²) in [4.78, 5) is 12.4. The van der Waals surface area contributed by atoms with Crippen LogP contribution in [0.25, 0.3) is 0 Å². The van der Waals surface area contributed by atoms with Crippen molar-refractivity contribution in [3.8, 4) is 0 Å². The Bertz CT molecular complexity index is 645. The zero-order valence-corrected chi connectivity index (χ0v) is 12.4. The van der Waals surface area contributed by atoms with Crippen molar-refractivity contribution >= 4 is 29.4 Å². The van der Waals surface area contributed by atoms with Gasteiger partial charge in [0.25, 0.3) is 0 Å². The summed E-state index contributed by atoms with van der Waals surface area (Å²) in [6.07, 6.45) is 0. The molecule has 112 valence electrons. The Hall–Kier alpha value is -2.09. The van der Waals surface area contributed by atoms with Gasteiger partial charge in [-0.1, -0.05) is 18.9 Å². The van der Waals surface area contributed by atoms with Gasteiger partial charge in [0, 0.05) is 10.8 Å². The highest BCUT2D eigenvalue weighted by Gasteiger charge is 2.12. The summed E-state index contributed by atoms with van der Waals surface area (Å²) in [5.41, 5.74) is 5.46. The van der Waals surface area contributed by atoms with Crippen molar-refractivity contribution < 1.29 is 13.6 Å². The number of amides is 1. The quantitative estimate of drug-likeness (QED) is 0.651. The molecule has 0 aliphatic rings.